The highest BCUT2D eigenvalue weighted by molar-refractivity contribution is 6.32. The number of carbonyl (C=O) groups is 1. The van der Waals surface area contributed by atoms with Crippen molar-refractivity contribution in [3.05, 3.63) is 75.8 Å². The van der Waals surface area contributed by atoms with Gasteiger partial charge in [0.25, 0.3) is 0 Å². The molecule has 0 amide bonds. The topological polar surface area (TPSA) is 37.3 Å². The van der Waals surface area contributed by atoms with Crippen LogP contribution in [-0.2, 0) is 11.2 Å². The second-order valence-corrected chi connectivity index (χ2v) is 6.45. The van der Waals surface area contributed by atoms with E-state index in [0.29, 0.717) is 22.9 Å². The molecule has 2 nitrogen and oxygen atoms in total. The third-order valence-corrected chi connectivity index (χ3v) is 4.69. The summed E-state index contributed by atoms with van der Waals surface area (Å²) >= 11 is 12.3. The van der Waals surface area contributed by atoms with Gasteiger partial charge in [-0.2, -0.15) is 0 Å². The molecule has 0 spiro atoms. The molecule has 1 N–H and O–H groups in total. The first-order chi connectivity index (χ1) is 11.5. The van der Waals surface area contributed by atoms with Gasteiger partial charge in [0.15, 0.2) is 5.78 Å². The highest BCUT2D eigenvalue weighted by Crippen LogP contribution is 2.23. The molecule has 0 aromatic heterocycles. The van der Waals surface area contributed by atoms with Gasteiger partial charge in [-0.1, -0.05) is 66.5 Å². The highest BCUT2D eigenvalue weighted by atomic mass is 35.5. The fourth-order valence-electron chi connectivity index (χ4n) is 2.52. The molecule has 0 radical (unpaired) electrons. The Labute approximate surface area is 152 Å². The van der Waals surface area contributed by atoms with Gasteiger partial charge in [-0.3, -0.25) is 4.79 Å². The number of benzene rings is 2. The summed E-state index contributed by atoms with van der Waals surface area (Å²) in [4.78, 5) is 12.6. The first-order valence-corrected chi connectivity index (χ1v) is 8.66. The normalized spacial score (nSPS) is 13.8. The zero-order valence-electron chi connectivity index (χ0n) is 13.5. The van der Waals surface area contributed by atoms with Crippen LogP contribution in [0.2, 0.25) is 10.0 Å². The number of hydrogen-bond donors (Lipinski definition) is 1. The van der Waals surface area contributed by atoms with Gasteiger partial charge >= 0.3 is 0 Å². The molecule has 24 heavy (non-hydrogen) atoms. The van der Waals surface area contributed by atoms with E-state index < -0.39 is 12.0 Å². The maximum Gasteiger partial charge on any atom is 0.161 e. The Bertz CT molecular complexity index is 725. The van der Waals surface area contributed by atoms with Crippen molar-refractivity contribution < 1.29 is 9.90 Å². The number of aliphatic hydroxyl groups is 1. The number of hydrogen-bond acceptors (Lipinski definition) is 2. The maximum atomic E-state index is 12.6. The molecule has 2 aromatic rings. The minimum Gasteiger partial charge on any atom is -0.392 e. The van der Waals surface area contributed by atoms with Gasteiger partial charge < -0.3 is 5.11 Å². The number of ketones is 1. The standard InChI is InChI=1S/C20H20Cl2O2/c1-2-19(23)16(13-15-8-4-6-10-18(15)22)20(24)12-11-14-7-3-5-9-17(14)21/h3-12,16,19,23H,2,13H2,1H3. The molecule has 2 rings (SSSR count). The maximum absolute atomic E-state index is 12.6. The minimum absolute atomic E-state index is 0.135. The van der Waals surface area contributed by atoms with Crippen molar-refractivity contribution in [2.75, 3.05) is 0 Å². The van der Waals surface area contributed by atoms with Crippen LogP contribution in [0.4, 0.5) is 0 Å². The molecule has 0 saturated heterocycles. The summed E-state index contributed by atoms with van der Waals surface area (Å²) in [6.45, 7) is 1.86. The number of allylic oxidation sites excluding steroid dienone is 1. The van der Waals surface area contributed by atoms with Crippen LogP contribution in [0.15, 0.2) is 54.6 Å². The van der Waals surface area contributed by atoms with Crippen molar-refractivity contribution in [2.24, 2.45) is 5.92 Å². The Hall–Kier alpha value is -1.61. The molecule has 2 unspecified atom stereocenters. The molecular formula is C20H20Cl2O2. The molecule has 0 bridgehead atoms. The Balaban J connectivity index is 2.20. The molecule has 0 saturated carbocycles. The van der Waals surface area contributed by atoms with Crippen molar-refractivity contribution in [2.45, 2.75) is 25.9 Å². The minimum atomic E-state index is -0.718. The largest absolute Gasteiger partial charge is 0.392 e. The number of halogens is 2. The monoisotopic (exact) mass is 362 g/mol. The molecule has 2 atom stereocenters. The van der Waals surface area contributed by atoms with Crippen LogP contribution in [0, 0.1) is 5.92 Å². The average molecular weight is 363 g/mol. The van der Waals surface area contributed by atoms with Crippen LogP contribution in [0.1, 0.15) is 24.5 Å². The van der Waals surface area contributed by atoms with Crippen molar-refractivity contribution in [1.29, 1.82) is 0 Å². The highest BCUT2D eigenvalue weighted by Gasteiger charge is 2.24. The van der Waals surface area contributed by atoms with Crippen molar-refractivity contribution in [1.82, 2.24) is 0 Å². The lowest BCUT2D eigenvalue weighted by atomic mass is 9.88. The second-order valence-electron chi connectivity index (χ2n) is 5.63. The molecular weight excluding hydrogens is 343 g/mol. The summed E-state index contributed by atoms with van der Waals surface area (Å²) in [6.07, 6.45) is 3.36. The molecule has 0 aliphatic heterocycles. The predicted octanol–water partition coefficient (Wildman–Crippen LogP) is 5.21. The lowest BCUT2D eigenvalue weighted by Crippen LogP contribution is -2.28. The lowest BCUT2D eigenvalue weighted by molar-refractivity contribution is -0.121. The zero-order valence-corrected chi connectivity index (χ0v) is 15.0. The summed E-state index contributed by atoms with van der Waals surface area (Å²) in [7, 11) is 0. The Morgan fingerprint density at radius 3 is 2.33 bits per heavy atom. The van der Waals surface area contributed by atoms with Crippen LogP contribution < -0.4 is 0 Å². The van der Waals surface area contributed by atoms with Crippen molar-refractivity contribution >= 4 is 35.1 Å². The summed E-state index contributed by atoms with van der Waals surface area (Å²) in [5, 5.41) is 11.5. The van der Waals surface area contributed by atoms with Crippen LogP contribution in [0.3, 0.4) is 0 Å². The molecule has 2 aromatic carbocycles. The molecule has 0 aliphatic rings. The van der Waals surface area contributed by atoms with E-state index in [4.69, 9.17) is 23.2 Å². The Morgan fingerprint density at radius 1 is 1.08 bits per heavy atom. The lowest BCUT2D eigenvalue weighted by Gasteiger charge is -2.20. The Kier molecular flexibility index (Phi) is 7.04. The van der Waals surface area contributed by atoms with Crippen LogP contribution in [-0.4, -0.2) is 17.0 Å². The van der Waals surface area contributed by atoms with Crippen LogP contribution >= 0.6 is 23.2 Å². The summed E-state index contributed by atoms with van der Waals surface area (Å²) in [5.41, 5.74) is 1.63. The number of carbonyl (C=O) groups excluding carboxylic acids is 1. The van der Waals surface area contributed by atoms with Gasteiger partial charge in [0.2, 0.25) is 0 Å². The fraction of sp³-hybridized carbons (Fsp3) is 0.250. The first kappa shape index (κ1) is 18.7. The SMILES string of the molecule is CCC(O)C(Cc1ccccc1Cl)C(=O)C=Cc1ccccc1Cl. The average Bonchev–Trinajstić information content (AvgIpc) is 2.59. The predicted molar refractivity (Wildman–Crippen MR) is 100 cm³/mol. The van der Waals surface area contributed by atoms with E-state index in [9.17, 15) is 9.90 Å². The first-order valence-electron chi connectivity index (χ1n) is 7.90. The van der Waals surface area contributed by atoms with E-state index in [2.05, 4.69) is 0 Å². The smallest absolute Gasteiger partial charge is 0.161 e. The Morgan fingerprint density at radius 2 is 1.71 bits per heavy atom. The van der Waals surface area contributed by atoms with Gasteiger partial charge in [0, 0.05) is 10.0 Å². The summed E-state index contributed by atoms with van der Waals surface area (Å²) < 4.78 is 0. The van der Waals surface area contributed by atoms with E-state index in [1.807, 2.05) is 43.3 Å². The number of aliphatic hydroxyl groups excluding tert-OH is 1. The van der Waals surface area contributed by atoms with E-state index in [0.717, 1.165) is 11.1 Å². The molecule has 4 heteroatoms. The number of rotatable bonds is 7. The van der Waals surface area contributed by atoms with E-state index >= 15 is 0 Å². The molecule has 0 aliphatic carbocycles. The van der Waals surface area contributed by atoms with Gasteiger partial charge in [0.05, 0.1) is 12.0 Å². The fourth-order valence-corrected chi connectivity index (χ4v) is 2.93. The third kappa shape index (κ3) is 4.94. The van der Waals surface area contributed by atoms with Crippen LogP contribution in [0.5, 0.6) is 0 Å². The van der Waals surface area contributed by atoms with E-state index in [1.54, 1.807) is 18.2 Å². The third-order valence-electron chi connectivity index (χ3n) is 3.98. The van der Waals surface area contributed by atoms with E-state index in [-0.39, 0.29) is 5.78 Å². The molecule has 126 valence electrons. The van der Waals surface area contributed by atoms with Gasteiger partial charge in [-0.05, 0) is 48.3 Å². The zero-order chi connectivity index (χ0) is 17.5. The second kappa shape index (κ2) is 9.03. The van der Waals surface area contributed by atoms with Gasteiger partial charge in [-0.25, -0.2) is 0 Å². The summed E-state index contributed by atoms with van der Waals surface area (Å²) in [6, 6.07) is 14.7. The van der Waals surface area contributed by atoms with Gasteiger partial charge in [0.1, 0.15) is 0 Å². The quantitative estimate of drug-likeness (QED) is 0.686. The van der Waals surface area contributed by atoms with Crippen molar-refractivity contribution in [3.63, 3.8) is 0 Å². The van der Waals surface area contributed by atoms with E-state index in [1.165, 1.54) is 6.08 Å². The molecule has 0 heterocycles. The summed E-state index contributed by atoms with van der Waals surface area (Å²) in [5.74, 6) is -0.669. The van der Waals surface area contributed by atoms with Crippen molar-refractivity contribution in [3.8, 4) is 0 Å². The van der Waals surface area contributed by atoms with Gasteiger partial charge in [-0.15, -0.1) is 0 Å². The van der Waals surface area contributed by atoms with Crippen LogP contribution in [0.25, 0.3) is 6.08 Å². The molecule has 0 fully saturated rings.